The molecule has 182 valence electrons. The van der Waals surface area contributed by atoms with Crippen LogP contribution in [0.5, 0.6) is 0 Å². The molecule has 4 aliphatic carbocycles. The molecule has 0 aliphatic heterocycles. The Bertz CT molecular complexity index is 989. The lowest BCUT2D eigenvalue weighted by atomic mass is 9.44. The van der Waals surface area contributed by atoms with Crippen molar-refractivity contribution in [2.75, 3.05) is 0 Å². The molecule has 0 unspecified atom stereocenters. The number of thioether (sulfide) groups is 1. The molecule has 5 rings (SSSR count). The highest BCUT2D eigenvalue weighted by atomic mass is 32.2. The van der Waals surface area contributed by atoms with Crippen molar-refractivity contribution in [1.29, 1.82) is 5.26 Å². The fraction of sp³-hybridized carbons (Fsp3) is 0.690. The molecular formula is C29H37NO3S. The van der Waals surface area contributed by atoms with Gasteiger partial charge >= 0.3 is 5.97 Å². The van der Waals surface area contributed by atoms with Gasteiger partial charge in [-0.15, -0.1) is 0 Å². The van der Waals surface area contributed by atoms with Crippen LogP contribution in [0, 0.1) is 57.7 Å². The third kappa shape index (κ3) is 3.91. The Labute approximate surface area is 208 Å². The van der Waals surface area contributed by atoms with E-state index < -0.39 is 0 Å². The fourth-order valence-corrected chi connectivity index (χ4v) is 9.92. The van der Waals surface area contributed by atoms with Crippen molar-refractivity contribution < 1.29 is 14.3 Å². The first-order chi connectivity index (χ1) is 16.3. The zero-order chi connectivity index (χ0) is 24.1. The van der Waals surface area contributed by atoms with Gasteiger partial charge in [0.15, 0.2) is 5.12 Å². The summed E-state index contributed by atoms with van der Waals surface area (Å²) in [6.07, 6.45) is 8.58. The molecule has 34 heavy (non-hydrogen) atoms. The van der Waals surface area contributed by atoms with Crippen LogP contribution in [-0.4, -0.2) is 17.2 Å². The van der Waals surface area contributed by atoms with Crippen molar-refractivity contribution in [2.45, 2.75) is 83.1 Å². The summed E-state index contributed by atoms with van der Waals surface area (Å²) < 4.78 is 5.61. The maximum atomic E-state index is 13.6. The summed E-state index contributed by atoms with van der Waals surface area (Å²) in [5, 5.41) is 10.3. The number of nitriles is 1. The molecule has 4 aliphatic rings. The topological polar surface area (TPSA) is 67.2 Å². The number of benzene rings is 1. The molecular weight excluding hydrogens is 442 g/mol. The lowest BCUT2D eigenvalue weighted by molar-refractivity contribution is -0.160. The second-order valence-electron chi connectivity index (χ2n) is 11.9. The first kappa shape index (κ1) is 23.9. The highest BCUT2D eigenvalue weighted by Crippen LogP contribution is 2.69. The van der Waals surface area contributed by atoms with E-state index >= 15 is 0 Å². The third-order valence-corrected chi connectivity index (χ3v) is 11.4. The predicted octanol–water partition coefficient (Wildman–Crippen LogP) is 6.65. The van der Waals surface area contributed by atoms with E-state index in [0.29, 0.717) is 23.7 Å². The van der Waals surface area contributed by atoms with E-state index in [2.05, 4.69) is 19.9 Å². The Morgan fingerprint density at radius 2 is 1.74 bits per heavy atom. The Kier molecular flexibility index (Phi) is 6.34. The summed E-state index contributed by atoms with van der Waals surface area (Å²) in [5.41, 5.74) is 0.197. The minimum atomic E-state index is -0.182. The smallest absolute Gasteiger partial charge is 0.302 e. The number of ether oxygens (including phenoxy) is 1. The number of carbonyl (C=O) groups is 2. The van der Waals surface area contributed by atoms with Crippen LogP contribution >= 0.6 is 11.8 Å². The highest BCUT2D eigenvalue weighted by molar-refractivity contribution is 8.13. The fourth-order valence-electron chi connectivity index (χ4n) is 8.84. The van der Waals surface area contributed by atoms with E-state index in [9.17, 15) is 14.9 Å². The van der Waals surface area contributed by atoms with E-state index in [-0.39, 0.29) is 39.9 Å². The summed E-state index contributed by atoms with van der Waals surface area (Å²) in [6.45, 7) is 6.34. The number of nitrogens with zero attached hydrogens (tertiary/aromatic N) is 1. The molecule has 9 atom stereocenters. The van der Waals surface area contributed by atoms with E-state index in [1.165, 1.54) is 31.5 Å². The molecule has 1 aromatic carbocycles. The number of rotatable bonds is 3. The number of carbonyl (C=O) groups excluding carboxylic acids is 2. The van der Waals surface area contributed by atoms with E-state index in [1.807, 2.05) is 30.3 Å². The number of hydrogen-bond donors (Lipinski definition) is 0. The van der Waals surface area contributed by atoms with Crippen LogP contribution < -0.4 is 0 Å². The molecule has 0 spiro atoms. The van der Waals surface area contributed by atoms with Crippen LogP contribution in [0.1, 0.15) is 72.1 Å². The Morgan fingerprint density at radius 3 is 2.44 bits per heavy atom. The molecule has 0 radical (unpaired) electrons. The van der Waals surface area contributed by atoms with Gasteiger partial charge in [-0.25, -0.2) is 0 Å². The normalized spacial score (nSPS) is 43.1. The van der Waals surface area contributed by atoms with Crippen LogP contribution in [-0.2, 0) is 14.3 Å². The first-order valence-corrected chi connectivity index (χ1v) is 13.9. The largest absolute Gasteiger partial charge is 0.463 e. The molecule has 4 fully saturated rings. The average Bonchev–Trinajstić information content (AvgIpc) is 3.12. The SMILES string of the molecule is CC(=O)O[C@H]1CC[C@@]2(C)[C@@H](CC[C@@H]3[C@@H]2CC[C@@]2(C)[C@H]3C[C@@H](C#N)[C@@H]2C(=O)Sc2ccccc2)C1. The first-order valence-electron chi connectivity index (χ1n) is 13.1. The maximum absolute atomic E-state index is 13.6. The van der Waals surface area contributed by atoms with Crippen molar-refractivity contribution >= 4 is 22.8 Å². The summed E-state index contributed by atoms with van der Waals surface area (Å²) in [7, 11) is 0. The van der Waals surface area contributed by atoms with Gasteiger partial charge in [0.2, 0.25) is 0 Å². The standard InChI is InChI=1S/C29H37NO3S/c1-18(31)33-21-11-13-28(2)20(16-21)9-10-23-24(28)12-14-29(3)25(23)15-19(17-30)26(29)27(32)34-22-7-5-4-6-8-22/h4-8,19-21,23-26H,9-16H2,1-3H3/t19-,20-,21-,23+,24-,25-,26+,28-,29-/m0/s1. The van der Waals surface area contributed by atoms with Gasteiger partial charge in [-0.05, 0) is 98.0 Å². The van der Waals surface area contributed by atoms with Gasteiger partial charge in [-0.3, -0.25) is 9.59 Å². The van der Waals surface area contributed by atoms with Gasteiger partial charge < -0.3 is 4.74 Å². The van der Waals surface area contributed by atoms with Crippen LogP contribution in [0.15, 0.2) is 35.2 Å². The monoisotopic (exact) mass is 479 g/mol. The molecule has 0 N–H and O–H groups in total. The lowest BCUT2D eigenvalue weighted by Crippen LogP contribution is -2.54. The van der Waals surface area contributed by atoms with Crippen LogP contribution in [0.3, 0.4) is 0 Å². The van der Waals surface area contributed by atoms with Crippen molar-refractivity contribution in [2.24, 2.45) is 46.3 Å². The zero-order valence-corrected chi connectivity index (χ0v) is 21.5. The quantitative estimate of drug-likeness (QED) is 0.359. The second-order valence-corrected chi connectivity index (χ2v) is 13.0. The van der Waals surface area contributed by atoms with Crippen molar-refractivity contribution in [3.05, 3.63) is 30.3 Å². The van der Waals surface area contributed by atoms with Crippen LogP contribution in [0.4, 0.5) is 0 Å². The molecule has 0 saturated heterocycles. The van der Waals surface area contributed by atoms with Crippen molar-refractivity contribution in [3.63, 3.8) is 0 Å². The summed E-state index contributed by atoms with van der Waals surface area (Å²) in [5.74, 6) is 1.79. The maximum Gasteiger partial charge on any atom is 0.302 e. The van der Waals surface area contributed by atoms with Gasteiger partial charge in [0.05, 0.1) is 12.0 Å². The number of fused-ring (bicyclic) bond motifs is 5. The van der Waals surface area contributed by atoms with Crippen LogP contribution in [0.2, 0.25) is 0 Å². The van der Waals surface area contributed by atoms with E-state index in [1.54, 1.807) is 0 Å². The predicted molar refractivity (Wildman–Crippen MR) is 133 cm³/mol. The summed E-state index contributed by atoms with van der Waals surface area (Å²) >= 11 is 1.33. The Balaban J connectivity index is 1.37. The number of esters is 1. The van der Waals surface area contributed by atoms with E-state index in [0.717, 1.165) is 43.4 Å². The molecule has 0 aromatic heterocycles. The highest BCUT2D eigenvalue weighted by Gasteiger charge is 2.63. The Hall–Kier alpha value is -1.80. The zero-order valence-electron chi connectivity index (χ0n) is 20.7. The minimum absolute atomic E-state index is 0.0763. The third-order valence-electron chi connectivity index (χ3n) is 10.4. The van der Waals surface area contributed by atoms with E-state index in [4.69, 9.17) is 4.74 Å². The molecule has 0 heterocycles. The van der Waals surface area contributed by atoms with Gasteiger partial charge in [0.25, 0.3) is 0 Å². The molecule has 1 aromatic rings. The minimum Gasteiger partial charge on any atom is -0.463 e. The molecule has 4 nitrogen and oxygen atoms in total. The number of hydrogen-bond acceptors (Lipinski definition) is 5. The van der Waals surface area contributed by atoms with Crippen molar-refractivity contribution in [3.8, 4) is 6.07 Å². The lowest BCUT2D eigenvalue weighted by Gasteiger charge is -2.60. The van der Waals surface area contributed by atoms with Gasteiger partial charge in [-0.1, -0.05) is 43.8 Å². The summed E-state index contributed by atoms with van der Waals surface area (Å²) in [6, 6.07) is 12.5. The van der Waals surface area contributed by atoms with Gasteiger partial charge in [0.1, 0.15) is 6.10 Å². The second kappa shape index (κ2) is 9.01. The van der Waals surface area contributed by atoms with Crippen LogP contribution in [0.25, 0.3) is 0 Å². The molecule has 0 amide bonds. The molecule has 0 bridgehead atoms. The average molecular weight is 480 g/mol. The van der Waals surface area contributed by atoms with Crippen molar-refractivity contribution in [1.82, 2.24) is 0 Å². The van der Waals surface area contributed by atoms with Gasteiger partial charge in [-0.2, -0.15) is 5.26 Å². The summed E-state index contributed by atoms with van der Waals surface area (Å²) in [4.78, 5) is 26.1. The van der Waals surface area contributed by atoms with Gasteiger partial charge in [0, 0.05) is 17.7 Å². The molecule has 5 heteroatoms. The molecule has 4 saturated carbocycles. The Morgan fingerprint density at radius 1 is 1.00 bits per heavy atom.